The predicted octanol–water partition coefficient (Wildman–Crippen LogP) is 1.31. The van der Waals surface area contributed by atoms with Gasteiger partial charge in [-0.1, -0.05) is 20.3 Å². The van der Waals surface area contributed by atoms with Gasteiger partial charge in [-0.2, -0.15) is 0 Å². The number of nitrogens with two attached hydrogens (primary N) is 1. The maximum absolute atomic E-state index is 11.7. The first-order chi connectivity index (χ1) is 11.8. The summed E-state index contributed by atoms with van der Waals surface area (Å²) < 4.78 is 0. The molecule has 0 saturated heterocycles. The van der Waals surface area contributed by atoms with Gasteiger partial charge in [0.25, 0.3) is 0 Å². The molecule has 7 heteroatoms. The number of nitrogens with one attached hydrogen (secondary N) is 1. The molecule has 0 rings (SSSR count). The normalized spacial score (nSPS) is 13.7. The number of rotatable bonds is 15. The van der Waals surface area contributed by atoms with E-state index in [0.717, 1.165) is 32.2 Å². The van der Waals surface area contributed by atoms with Crippen LogP contribution in [0.1, 0.15) is 58.8 Å². The molecule has 1 radical (unpaired) electrons. The van der Waals surface area contributed by atoms with Crippen molar-refractivity contribution in [2.45, 2.75) is 70.9 Å². The highest BCUT2D eigenvalue weighted by atomic mass is 16.4. The van der Waals surface area contributed by atoms with Crippen molar-refractivity contribution in [1.82, 2.24) is 10.2 Å². The summed E-state index contributed by atoms with van der Waals surface area (Å²) in [5.74, 6) is -0.712. The molecule has 0 aromatic heterocycles. The van der Waals surface area contributed by atoms with Gasteiger partial charge < -0.3 is 16.2 Å². The van der Waals surface area contributed by atoms with Crippen molar-refractivity contribution in [3.8, 4) is 0 Å². The Hall–Kier alpha value is -1.47. The van der Waals surface area contributed by atoms with Gasteiger partial charge in [0.15, 0.2) is 0 Å². The number of hydrogen-bond acceptors (Lipinski definition) is 5. The summed E-state index contributed by atoms with van der Waals surface area (Å²) in [5, 5.41) is 11.5. The van der Waals surface area contributed by atoms with E-state index in [0.29, 0.717) is 25.8 Å². The topological polar surface area (TPSA) is 113 Å². The first-order valence-corrected chi connectivity index (χ1v) is 9.12. The Morgan fingerprint density at radius 3 is 2.40 bits per heavy atom. The maximum Gasteiger partial charge on any atom is 0.320 e. The first kappa shape index (κ1) is 23.5. The third-order valence-electron chi connectivity index (χ3n) is 4.22. The molecule has 4 N–H and O–H groups in total. The van der Waals surface area contributed by atoms with Crippen molar-refractivity contribution in [3.63, 3.8) is 0 Å². The molecule has 0 aliphatic rings. The third-order valence-corrected chi connectivity index (χ3v) is 4.22. The quantitative estimate of drug-likeness (QED) is 0.381. The zero-order valence-electron chi connectivity index (χ0n) is 15.8. The number of carbonyl (C=O) groups is 2. The molecular formula is C18H34N3O4. The standard InChI is InChI=1S/C18H34N3O4/c1-14(2)16(13-22)21(3)12-8-4-5-10-17(23)20-11-7-6-9-15(19)18(24)25/h14-16H,4-12,19H2,1-3H3,(H,20,23)(H,24,25)/t15-,16+/m0/s1. The van der Waals surface area contributed by atoms with Gasteiger partial charge in [0.1, 0.15) is 6.04 Å². The van der Waals surface area contributed by atoms with Crippen LogP contribution < -0.4 is 11.1 Å². The fraction of sp³-hybridized carbons (Fsp3) is 0.833. The Labute approximate surface area is 151 Å². The Kier molecular flexibility index (Phi) is 13.0. The van der Waals surface area contributed by atoms with Crippen LogP contribution in [-0.2, 0) is 14.4 Å². The third kappa shape index (κ3) is 11.7. The van der Waals surface area contributed by atoms with Crippen LogP contribution >= 0.6 is 0 Å². The number of carbonyl (C=O) groups excluding carboxylic acids is 2. The second-order valence-corrected chi connectivity index (χ2v) is 6.89. The van der Waals surface area contributed by atoms with Crippen molar-refractivity contribution in [3.05, 3.63) is 0 Å². The van der Waals surface area contributed by atoms with E-state index in [1.165, 1.54) is 0 Å². The molecule has 7 nitrogen and oxygen atoms in total. The van der Waals surface area contributed by atoms with Gasteiger partial charge in [-0.25, -0.2) is 0 Å². The van der Waals surface area contributed by atoms with Crippen LogP contribution in [0.25, 0.3) is 0 Å². The van der Waals surface area contributed by atoms with E-state index in [4.69, 9.17) is 10.8 Å². The zero-order chi connectivity index (χ0) is 19.2. The molecule has 0 bridgehead atoms. The molecule has 0 spiro atoms. The van der Waals surface area contributed by atoms with Gasteiger partial charge in [-0.3, -0.25) is 19.3 Å². The largest absolute Gasteiger partial charge is 0.480 e. The Bertz CT molecular complexity index is 402. The predicted molar refractivity (Wildman–Crippen MR) is 97.9 cm³/mol. The summed E-state index contributed by atoms with van der Waals surface area (Å²) in [7, 11) is 1.93. The molecule has 0 aromatic carbocycles. The van der Waals surface area contributed by atoms with Crippen molar-refractivity contribution >= 4 is 18.2 Å². The molecule has 0 saturated carbocycles. The molecule has 0 heterocycles. The molecule has 0 fully saturated rings. The van der Waals surface area contributed by atoms with E-state index in [2.05, 4.69) is 11.6 Å². The average molecular weight is 356 g/mol. The molecular weight excluding hydrogens is 322 g/mol. The van der Waals surface area contributed by atoms with Crippen LogP contribution in [0.2, 0.25) is 0 Å². The molecule has 0 aliphatic heterocycles. The van der Waals surface area contributed by atoms with E-state index in [1.54, 1.807) is 0 Å². The molecule has 0 aliphatic carbocycles. The monoisotopic (exact) mass is 356 g/mol. The minimum Gasteiger partial charge on any atom is -0.480 e. The Morgan fingerprint density at radius 1 is 1.16 bits per heavy atom. The summed E-state index contributed by atoms with van der Waals surface area (Å²) in [5.41, 5.74) is 5.41. The lowest BCUT2D eigenvalue weighted by Crippen LogP contribution is -2.37. The van der Waals surface area contributed by atoms with E-state index in [-0.39, 0.29) is 17.9 Å². The number of carboxylic acids is 1. The van der Waals surface area contributed by atoms with Crippen LogP contribution in [0.15, 0.2) is 0 Å². The molecule has 0 unspecified atom stereocenters. The number of carboxylic acid groups (broad SMARTS) is 1. The fourth-order valence-electron chi connectivity index (χ4n) is 2.63. The second kappa shape index (κ2) is 13.8. The van der Waals surface area contributed by atoms with Gasteiger partial charge in [0, 0.05) is 13.0 Å². The summed E-state index contributed by atoms with van der Waals surface area (Å²) in [6.45, 7) is 5.39. The van der Waals surface area contributed by atoms with Crippen LogP contribution in [0.5, 0.6) is 0 Å². The van der Waals surface area contributed by atoms with Crippen molar-refractivity contribution in [2.75, 3.05) is 20.1 Å². The van der Waals surface area contributed by atoms with Crippen molar-refractivity contribution in [1.29, 1.82) is 0 Å². The number of hydrogen-bond donors (Lipinski definition) is 3. The number of unbranched alkanes of at least 4 members (excludes halogenated alkanes) is 3. The maximum atomic E-state index is 11.7. The molecule has 25 heavy (non-hydrogen) atoms. The van der Waals surface area contributed by atoms with Crippen LogP contribution in [0, 0.1) is 5.92 Å². The van der Waals surface area contributed by atoms with E-state index in [9.17, 15) is 14.4 Å². The van der Waals surface area contributed by atoms with Crippen LogP contribution in [0.3, 0.4) is 0 Å². The van der Waals surface area contributed by atoms with Gasteiger partial charge in [-0.05, 0) is 51.6 Å². The highest BCUT2D eigenvalue weighted by molar-refractivity contribution is 5.75. The lowest BCUT2D eigenvalue weighted by atomic mass is 10.0. The lowest BCUT2D eigenvalue weighted by molar-refractivity contribution is -0.138. The molecule has 2 atom stereocenters. The summed E-state index contributed by atoms with van der Waals surface area (Å²) in [6.07, 6.45) is 7.12. The second-order valence-electron chi connectivity index (χ2n) is 6.89. The molecule has 0 aromatic rings. The Morgan fingerprint density at radius 2 is 1.84 bits per heavy atom. The highest BCUT2D eigenvalue weighted by Crippen LogP contribution is 2.09. The SMILES string of the molecule is CC(C)[C@@H]([C]=O)N(C)CCCCCC(=O)NCCCC[C@H](N)C(=O)O. The van der Waals surface area contributed by atoms with Crippen LogP contribution in [-0.4, -0.2) is 60.4 Å². The van der Waals surface area contributed by atoms with E-state index in [1.807, 2.05) is 25.8 Å². The van der Waals surface area contributed by atoms with Crippen molar-refractivity contribution in [2.24, 2.45) is 11.7 Å². The summed E-state index contributed by atoms with van der Waals surface area (Å²) in [4.78, 5) is 35.2. The number of amides is 1. The van der Waals surface area contributed by atoms with E-state index < -0.39 is 12.0 Å². The minimum absolute atomic E-state index is 0.0252. The Balaban J connectivity index is 3.61. The van der Waals surface area contributed by atoms with Gasteiger partial charge >= 0.3 is 5.97 Å². The van der Waals surface area contributed by atoms with Crippen molar-refractivity contribution < 1.29 is 19.5 Å². The summed E-state index contributed by atoms with van der Waals surface area (Å²) >= 11 is 0. The van der Waals surface area contributed by atoms with Gasteiger partial charge in [0.2, 0.25) is 12.2 Å². The smallest absolute Gasteiger partial charge is 0.320 e. The average Bonchev–Trinajstić information content (AvgIpc) is 2.54. The highest BCUT2D eigenvalue weighted by Gasteiger charge is 2.18. The summed E-state index contributed by atoms with van der Waals surface area (Å²) in [6, 6.07) is -0.988. The zero-order valence-corrected chi connectivity index (χ0v) is 15.8. The van der Waals surface area contributed by atoms with Gasteiger partial charge in [0.05, 0.1) is 6.04 Å². The van der Waals surface area contributed by atoms with Gasteiger partial charge in [-0.15, -0.1) is 0 Å². The number of likely N-dealkylation sites (N-methyl/N-ethyl adjacent to an activating group) is 1. The molecule has 145 valence electrons. The van der Waals surface area contributed by atoms with Crippen LogP contribution in [0.4, 0.5) is 0 Å². The number of nitrogens with zero attached hydrogens (tertiary/aromatic N) is 1. The lowest BCUT2D eigenvalue weighted by Gasteiger charge is -2.25. The fourth-order valence-corrected chi connectivity index (χ4v) is 2.63. The number of aliphatic carboxylic acids is 1. The molecule has 1 amide bonds. The minimum atomic E-state index is -0.986. The van der Waals surface area contributed by atoms with E-state index >= 15 is 0 Å². The first-order valence-electron chi connectivity index (χ1n) is 9.12.